The summed E-state index contributed by atoms with van der Waals surface area (Å²) < 4.78 is 35.1. The SMILES string of the molecule is CC(=O)NC(CCSC(F)(F)F)C(=O)O. The van der Waals surface area contributed by atoms with Gasteiger partial charge in [0.15, 0.2) is 0 Å². The molecule has 0 saturated heterocycles. The van der Waals surface area contributed by atoms with Gasteiger partial charge in [-0.25, -0.2) is 4.79 Å². The summed E-state index contributed by atoms with van der Waals surface area (Å²) in [5.74, 6) is -2.33. The fourth-order valence-electron chi connectivity index (χ4n) is 0.795. The molecule has 1 unspecified atom stereocenters. The number of carboxylic acid groups (broad SMARTS) is 1. The average Bonchev–Trinajstić information content (AvgIpc) is 1.99. The van der Waals surface area contributed by atoms with E-state index in [0.29, 0.717) is 0 Å². The van der Waals surface area contributed by atoms with E-state index >= 15 is 0 Å². The summed E-state index contributed by atoms with van der Waals surface area (Å²) in [5.41, 5.74) is -4.38. The Morgan fingerprint density at radius 3 is 2.33 bits per heavy atom. The Kier molecular flexibility index (Phi) is 5.48. The average molecular weight is 245 g/mol. The third kappa shape index (κ3) is 8.10. The van der Waals surface area contributed by atoms with E-state index < -0.39 is 29.2 Å². The number of amides is 1. The van der Waals surface area contributed by atoms with Crippen molar-refractivity contribution in [3.05, 3.63) is 0 Å². The van der Waals surface area contributed by atoms with Gasteiger partial charge < -0.3 is 10.4 Å². The van der Waals surface area contributed by atoms with Crippen molar-refractivity contribution in [2.24, 2.45) is 0 Å². The Balaban J connectivity index is 3.98. The van der Waals surface area contributed by atoms with Crippen molar-refractivity contribution in [1.29, 1.82) is 0 Å². The Morgan fingerprint density at radius 2 is 2.00 bits per heavy atom. The molecule has 0 radical (unpaired) electrons. The van der Waals surface area contributed by atoms with Crippen LogP contribution in [0, 0.1) is 0 Å². The van der Waals surface area contributed by atoms with Gasteiger partial charge in [0, 0.05) is 12.7 Å². The highest BCUT2D eigenvalue weighted by Crippen LogP contribution is 2.30. The summed E-state index contributed by atoms with van der Waals surface area (Å²) >= 11 is -0.308. The zero-order chi connectivity index (χ0) is 12.1. The molecule has 0 aliphatic carbocycles. The second kappa shape index (κ2) is 5.84. The zero-order valence-corrected chi connectivity index (χ0v) is 8.61. The topological polar surface area (TPSA) is 66.4 Å². The van der Waals surface area contributed by atoms with E-state index in [2.05, 4.69) is 0 Å². The van der Waals surface area contributed by atoms with Crippen LogP contribution in [0.4, 0.5) is 13.2 Å². The number of aliphatic carboxylic acids is 1. The van der Waals surface area contributed by atoms with Crippen molar-refractivity contribution in [3.8, 4) is 0 Å². The van der Waals surface area contributed by atoms with Gasteiger partial charge in [-0.15, -0.1) is 0 Å². The van der Waals surface area contributed by atoms with Crippen molar-refractivity contribution in [1.82, 2.24) is 5.32 Å². The van der Waals surface area contributed by atoms with Crippen molar-refractivity contribution < 1.29 is 27.9 Å². The normalized spacial score (nSPS) is 13.3. The monoisotopic (exact) mass is 245 g/mol. The van der Waals surface area contributed by atoms with Crippen LogP contribution in [0.5, 0.6) is 0 Å². The van der Waals surface area contributed by atoms with Crippen molar-refractivity contribution in [3.63, 3.8) is 0 Å². The molecule has 0 saturated carbocycles. The highest BCUT2D eigenvalue weighted by molar-refractivity contribution is 8.00. The molecule has 0 bridgehead atoms. The minimum Gasteiger partial charge on any atom is -0.480 e. The summed E-state index contributed by atoms with van der Waals surface area (Å²) in [5, 5.41) is 10.6. The maximum atomic E-state index is 11.7. The molecule has 8 heteroatoms. The van der Waals surface area contributed by atoms with Gasteiger partial charge in [0.25, 0.3) is 0 Å². The van der Waals surface area contributed by atoms with Crippen LogP contribution >= 0.6 is 11.8 Å². The highest BCUT2D eigenvalue weighted by atomic mass is 32.2. The van der Waals surface area contributed by atoms with Gasteiger partial charge in [0.2, 0.25) is 5.91 Å². The minimum absolute atomic E-state index is 0.265. The van der Waals surface area contributed by atoms with Crippen LogP contribution in [0.3, 0.4) is 0 Å². The molecule has 0 heterocycles. The molecule has 0 aliphatic rings. The number of halogens is 3. The first-order valence-electron chi connectivity index (χ1n) is 3.93. The van der Waals surface area contributed by atoms with E-state index in [0.717, 1.165) is 6.92 Å². The van der Waals surface area contributed by atoms with Gasteiger partial charge in [-0.2, -0.15) is 13.2 Å². The van der Waals surface area contributed by atoms with Gasteiger partial charge in [-0.3, -0.25) is 4.79 Å². The maximum Gasteiger partial charge on any atom is 0.441 e. The zero-order valence-electron chi connectivity index (χ0n) is 7.80. The Bertz CT molecular complexity index is 244. The molecule has 88 valence electrons. The number of carbonyl (C=O) groups is 2. The van der Waals surface area contributed by atoms with Crippen molar-refractivity contribution in [2.75, 3.05) is 5.75 Å². The quantitative estimate of drug-likeness (QED) is 0.764. The van der Waals surface area contributed by atoms with Crippen molar-refractivity contribution >= 4 is 23.6 Å². The Labute approximate surface area is 88.2 Å². The molecular formula is C7H10F3NO3S. The van der Waals surface area contributed by atoms with E-state index in [4.69, 9.17) is 5.11 Å². The molecule has 0 spiro atoms. The third-order valence-electron chi connectivity index (χ3n) is 1.35. The predicted octanol–water partition coefficient (Wildman–Crippen LogP) is 1.22. The number of carboxylic acids is 1. The molecule has 1 amide bonds. The molecule has 0 aromatic heterocycles. The first-order chi connectivity index (χ1) is 6.72. The van der Waals surface area contributed by atoms with Gasteiger partial charge in [-0.05, 0) is 6.42 Å². The fourth-order valence-corrected chi connectivity index (χ4v) is 1.38. The molecule has 0 rings (SSSR count). The molecule has 1 atom stereocenters. The van der Waals surface area contributed by atoms with Crippen LogP contribution in [0.1, 0.15) is 13.3 Å². The minimum atomic E-state index is -4.38. The largest absolute Gasteiger partial charge is 0.480 e. The lowest BCUT2D eigenvalue weighted by atomic mass is 10.2. The Hall–Kier alpha value is -0.920. The fraction of sp³-hybridized carbons (Fsp3) is 0.714. The van der Waals surface area contributed by atoms with E-state index in [1.165, 1.54) is 0 Å². The van der Waals surface area contributed by atoms with Crippen LogP contribution in [0.25, 0.3) is 0 Å². The molecule has 2 N–H and O–H groups in total. The highest BCUT2D eigenvalue weighted by Gasteiger charge is 2.29. The molecular weight excluding hydrogens is 235 g/mol. The van der Waals surface area contributed by atoms with Gasteiger partial charge >= 0.3 is 11.5 Å². The number of carbonyl (C=O) groups excluding carboxylic acids is 1. The van der Waals surface area contributed by atoms with Crippen LogP contribution in [-0.2, 0) is 9.59 Å². The van der Waals surface area contributed by atoms with Gasteiger partial charge in [0.05, 0.1) is 0 Å². The first-order valence-corrected chi connectivity index (χ1v) is 4.91. The molecule has 0 aromatic carbocycles. The smallest absolute Gasteiger partial charge is 0.441 e. The third-order valence-corrected chi connectivity index (χ3v) is 2.11. The van der Waals surface area contributed by atoms with E-state index in [1.54, 1.807) is 0 Å². The lowest BCUT2D eigenvalue weighted by molar-refractivity contribution is -0.141. The lowest BCUT2D eigenvalue weighted by Gasteiger charge is -2.13. The second-order valence-electron chi connectivity index (χ2n) is 2.67. The number of alkyl halides is 3. The van der Waals surface area contributed by atoms with Crippen LogP contribution in [0.2, 0.25) is 0 Å². The number of hydrogen-bond acceptors (Lipinski definition) is 3. The maximum absolute atomic E-state index is 11.7. The molecule has 4 nitrogen and oxygen atoms in total. The molecule has 15 heavy (non-hydrogen) atoms. The van der Waals surface area contributed by atoms with E-state index in [-0.39, 0.29) is 18.2 Å². The molecule has 0 aromatic rings. The summed E-state index contributed by atoms with van der Waals surface area (Å²) in [4.78, 5) is 21.0. The summed E-state index contributed by atoms with van der Waals surface area (Å²) in [6.07, 6.45) is -0.265. The van der Waals surface area contributed by atoms with Gasteiger partial charge in [0.1, 0.15) is 6.04 Å². The van der Waals surface area contributed by atoms with Gasteiger partial charge in [-0.1, -0.05) is 11.8 Å². The second-order valence-corrected chi connectivity index (χ2v) is 3.83. The van der Waals surface area contributed by atoms with Crippen LogP contribution < -0.4 is 5.32 Å². The first kappa shape index (κ1) is 14.1. The van der Waals surface area contributed by atoms with Crippen LogP contribution in [0.15, 0.2) is 0 Å². The predicted molar refractivity (Wildman–Crippen MR) is 48.4 cm³/mol. The van der Waals surface area contributed by atoms with Crippen molar-refractivity contribution in [2.45, 2.75) is 24.9 Å². The van der Waals surface area contributed by atoms with Crippen LogP contribution in [-0.4, -0.2) is 34.3 Å². The van der Waals surface area contributed by atoms with E-state index in [9.17, 15) is 22.8 Å². The number of nitrogens with one attached hydrogen (secondary N) is 1. The number of thioether (sulfide) groups is 1. The summed E-state index contributed by atoms with van der Waals surface area (Å²) in [6, 6.07) is -1.27. The number of hydrogen-bond donors (Lipinski definition) is 2. The molecule has 0 aliphatic heterocycles. The van der Waals surface area contributed by atoms with E-state index in [1.807, 2.05) is 5.32 Å². The summed E-state index contributed by atoms with van der Waals surface area (Å²) in [7, 11) is 0. The standard InChI is InChI=1S/C7H10F3NO3S/c1-4(12)11-5(6(13)14)2-3-15-7(8,9)10/h5H,2-3H2,1H3,(H,11,12)(H,13,14). The summed E-state index contributed by atoms with van der Waals surface area (Å²) in [6.45, 7) is 1.10. The Morgan fingerprint density at radius 1 is 1.47 bits per heavy atom. The molecule has 0 fully saturated rings. The number of rotatable bonds is 5. The lowest BCUT2D eigenvalue weighted by Crippen LogP contribution is -2.40.